The van der Waals surface area contributed by atoms with Gasteiger partial charge in [-0.2, -0.15) is 18.2 Å². The molecule has 0 N–H and O–H groups in total. The molecule has 0 amide bonds. The largest absolute Gasteiger partial charge is 0.214 e. The molecule has 0 saturated carbocycles. The summed E-state index contributed by atoms with van der Waals surface area (Å²) >= 11 is -0.226. The van der Waals surface area contributed by atoms with Crippen molar-refractivity contribution in [1.82, 2.24) is 0 Å². The molecule has 0 fully saturated rings. The molecule has 0 aliphatic heterocycles. The molecule has 0 heterocycles. The standard InChI is InChI=1S/C5H5.5CH3.2ClH.Rh/c1-2-4-5-3-1;;;;;;;;/h1-5H;5*1H3;2*1H;/q6*-1;;;+2/p-2. The van der Waals surface area contributed by atoms with Crippen molar-refractivity contribution in [1.29, 1.82) is 0 Å². The molecule has 0 bridgehead atoms. The van der Waals surface area contributed by atoms with Crippen LogP contribution in [0.1, 0.15) is 0 Å². The molecule has 0 aliphatic carbocycles. The van der Waals surface area contributed by atoms with Gasteiger partial charge in [-0.15, -0.1) is 0 Å². The van der Waals surface area contributed by atoms with Gasteiger partial charge in [0.15, 0.2) is 0 Å². The van der Waals surface area contributed by atoms with Crippen molar-refractivity contribution in [3.8, 4) is 0 Å². The summed E-state index contributed by atoms with van der Waals surface area (Å²) in [6.45, 7) is 0. The summed E-state index contributed by atoms with van der Waals surface area (Å²) in [4.78, 5) is 0. The molecule has 13 heavy (non-hydrogen) atoms. The van der Waals surface area contributed by atoms with Gasteiger partial charge in [-0.3, -0.25) is 0 Å². The first-order valence-corrected chi connectivity index (χ1v) is 6.14. The third kappa shape index (κ3) is 45.3. The zero-order valence-corrected chi connectivity index (χ0v) is 12.1. The van der Waals surface area contributed by atoms with Crippen LogP contribution in [-0.4, -0.2) is 0 Å². The number of halogens is 2. The molecule has 3 heteroatoms. The van der Waals surface area contributed by atoms with Crippen molar-refractivity contribution < 1.29 is 15.1 Å². The first-order valence-electron chi connectivity index (χ1n) is 1.92. The Morgan fingerprint density at radius 2 is 1.00 bits per heavy atom. The van der Waals surface area contributed by atoms with Crippen molar-refractivity contribution in [2.75, 3.05) is 0 Å². The molecule has 1 aromatic rings. The first-order chi connectivity index (χ1) is 3.91. The quantitative estimate of drug-likeness (QED) is 0.465. The molecule has 0 unspecified atom stereocenters. The van der Waals surface area contributed by atoms with Crippen LogP contribution in [0.5, 0.6) is 0 Å². The predicted molar refractivity (Wildman–Crippen MR) is 65.8 cm³/mol. The maximum absolute atomic E-state index is 4.83. The average Bonchev–Trinajstić information content (AvgIpc) is 2.17. The summed E-state index contributed by atoms with van der Waals surface area (Å²) < 4.78 is 0. The van der Waals surface area contributed by atoms with Crippen LogP contribution in [0.25, 0.3) is 0 Å². The van der Waals surface area contributed by atoms with Gasteiger partial charge >= 0.3 is 34.5 Å². The van der Waals surface area contributed by atoms with Gasteiger partial charge in [-0.1, -0.05) is 0 Å². The maximum Gasteiger partial charge on any atom is -0.172 e. The molecule has 0 atom stereocenters. The van der Waals surface area contributed by atoms with E-state index in [4.69, 9.17) is 19.4 Å². The minimum absolute atomic E-state index is 0. The molecule has 0 radical (unpaired) electrons. The zero-order chi connectivity index (χ0) is 6.24. The fourth-order valence-corrected chi connectivity index (χ4v) is 0.321. The van der Waals surface area contributed by atoms with Crippen LogP contribution in [0.3, 0.4) is 0 Å². The van der Waals surface area contributed by atoms with E-state index in [9.17, 15) is 0 Å². The second-order valence-corrected chi connectivity index (χ2v) is 3.50. The van der Waals surface area contributed by atoms with E-state index < -0.39 is 0 Å². The van der Waals surface area contributed by atoms with Crippen molar-refractivity contribution in [2.45, 2.75) is 0 Å². The Morgan fingerprint density at radius 1 is 0.769 bits per heavy atom. The van der Waals surface area contributed by atoms with E-state index >= 15 is 0 Å². The van der Waals surface area contributed by atoms with Gasteiger partial charge in [-0.25, -0.2) is 12.1 Å². The van der Waals surface area contributed by atoms with E-state index in [1.165, 1.54) is 0 Å². The van der Waals surface area contributed by atoms with Crippen LogP contribution in [0, 0.1) is 37.1 Å². The summed E-state index contributed by atoms with van der Waals surface area (Å²) in [5.74, 6) is 0. The summed E-state index contributed by atoms with van der Waals surface area (Å²) in [5.41, 5.74) is 0. The van der Waals surface area contributed by atoms with Crippen LogP contribution in [-0.2, 0) is 15.1 Å². The molecular weight excluding hydrogens is 294 g/mol. The van der Waals surface area contributed by atoms with Gasteiger partial charge in [0.05, 0.1) is 0 Å². The Kier molecular flexibility index (Phi) is 112. The summed E-state index contributed by atoms with van der Waals surface area (Å²) in [5, 5.41) is 0. The van der Waals surface area contributed by atoms with E-state index in [1.807, 2.05) is 30.3 Å². The van der Waals surface area contributed by atoms with Crippen molar-refractivity contribution in [2.24, 2.45) is 0 Å². The summed E-state index contributed by atoms with van der Waals surface area (Å²) in [6, 6.07) is 10.0. The SMILES string of the molecule is [CH3-].[CH3-].[CH3-].[CH3-].[CH3-].[Cl][Rh][Cl].c1cc[cH-]c1. The summed E-state index contributed by atoms with van der Waals surface area (Å²) in [7, 11) is 9.67. The van der Waals surface area contributed by atoms with Crippen LogP contribution in [0.2, 0.25) is 0 Å². The van der Waals surface area contributed by atoms with E-state index in [-0.39, 0.29) is 52.3 Å². The molecule has 0 aliphatic rings. The topological polar surface area (TPSA) is 0 Å². The summed E-state index contributed by atoms with van der Waals surface area (Å²) in [6.07, 6.45) is 0. The predicted octanol–water partition coefficient (Wildman–Crippen LogP) is 5.03. The Labute approximate surface area is 102 Å². The molecular formula is C10H20Cl2Rh-6. The molecule has 0 saturated heterocycles. The van der Waals surface area contributed by atoms with E-state index in [1.54, 1.807) is 0 Å². The third-order valence-electron chi connectivity index (χ3n) is 0.556. The van der Waals surface area contributed by atoms with Gasteiger partial charge in [0.1, 0.15) is 0 Å². The van der Waals surface area contributed by atoms with Crippen LogP contribution < -0.4 is 0 Å². The third-order valence-corrected chi connectivity index (χ3v) is 0.556. The van der Waals surface area contributed by atoms with Crippen molar-refractivity contribution >= 4 is 19.4 Å². The van der Waals surface area contributed by atoms with Gasteiger partial charge in [0, 0.05) is 0 Å². The number of hydrogen-bond donors (Lipinski definition) is 0. The fourth-order valence-electron chi connectivity index (χ4n) is 0.321. The van der Waals surface area contributed by atoms with E-state index in [2.05, 4.69) is 0 Å². The fraction of sp³-hybridized carbons (Fsp3) is 0. The van der Waals surface area contributed by atoms with Gasteiger partial charge in [0.2, 0.25) is 0 Å². The van der Waals surface area contributed by atoms with Crippen molar-refractivity contribution in [3.63, 3.8) is 0 Å². The van der Waals surface area contributed by atoms with Crippen LogP contribution in [0.4, 0.5) is 0 Å². The molecule has 0 aromatic heterocycles. The molecule has 89 valence electrons. The normalized spacial score (nSPS) is 4.77. The van der Waals surface area contributed by atoms with Gasteiger partial charge in [0.25, 0.3) is 0 Å². The Balaban J connectivity index is -0.0000000144. The van der Waals surface area contributed by atoms with Crippen LogP contribution in [0.15, 0.2) is 30.3 Å². The minimum Gasteiger partial charge on any atom is -0.214 e. The Bertz CT molecular complexity index is 79.8. The Hall–Kier alpha value is 0.553. The number of rotatable bonds is 0. The molecule has 0 nitrogen and oxygen atoms in total. The van der Waals surface area contributed by atoms with Crippen LogP contribution >= 0.6 is 19.4 Å². The molecule has 1 aromatic carbocycles. The second kappa shape index (κ2) is 39.0. The van der Waals surface area contributed by atoms with Gasteiger partial charge < -0.3 is 37.1 Å². The zero-order valence-electron chi connectivity index (χ0n) is 8.98. The average molecular weight is 314 g/mol. The van der Waals surface area contributed by atoms with E-state index in [0.717, 1.165) is 0 Å². The maximum atomic E-state index is 4.83. The second-order valence-electron chi connectivity index (χ2n) is 1.01. The van der Waals surface area contributed by atoms with E-state index in [0.29, 0.717) is 0 Å². The smallest absolute Gasteiger partial charge is 0.172 e. The minimum atomic E-state index is -0.226. The van der Waals surface area contributed by atoms with Crippen molar-refractivity contribution in [3.05, 3.63) is 67.5 Å². The number of hydrogen-bond acceptors (Lipinski definition) is 0. The molecule has 0 spiro atoms. The molecule has 1 rings (SSSR count). The first kappa shape index (κ1) is 37.4. The Morgan fingerprint density at radius 3 is 1.08 bits per heavy atom. The monoisotopic (exact) mass is 313 g/mol. The van der Waals surface area contributed by atoms with Gasteiger partial charge in [-0.05, 0) is 0 Å².